The van der Waals surface area contributed by atoms with Crippen LogP contribution in [0.1, 0.15) is 0 Å². The zero-order valence-electron chi connectivity index (χ0n) is 15.4. The van der Waals surface area contributed by atoms with Crippen LogP contribution in [-0.2, 0) is 0 Å². The van der Waals surface area contributed by atoms with E-state index >= 15 is 0 Å². The maximum absolute atomic E-state index is 4.76. The molecule has 0 N–H and O–H groups in total. The second kappa shape index (κ2) is 5.46. The smallest absolute Gasteiger partial charge is 0.122 e. The van der Waals surface area contributed by atoms with Gasteiger partial charge in [-0.05, 0) is 54.6 Å². The van der Waals surface area contributed by atoms with Gasteiger partial charge in [0.15, 0.2) is 0 Å². The Morgan fingerprint density at radius 3 is 2.66 bits per heavy atom. The monoisotopic (exact) mass is 389 g/mol. The number of nitrogens with zero attached hydrogens (tertiary/aromatic N) is 3. The molecule has 0 unspecified atom stereocenters. The first-order chi connectivity index (χ1) is 14.4. The van der Waals surface area contributed by atoms with Crippen LogP contribution in [0.2, 0.25) is 0 Å². The van der Waals surface area contributed by atoms with Crippen LogP contribution in [0.5, 0.6) is 0 Å². The molecule has 136 valence electrons. The predicted octanol–water partition coefficient (Wildman–Crippen LogP) is 6.80. The van der Waals surface area contributed by atoms with E-state index in [9.17, 15) is 0 Å². The Bertz CT molecular complexity index is 1710. The van der Waals surface area contributed by atoms with Crippen LogP contribution in [-0.4, -0.2) is 14.0 Å². The van der Waals surface area contributed by atoms with Gasteiger partial charge < -0.3 is 4.40 Å². The molecular formula is C25H15N3S. The maximum atomic E-state index is 4.76. The number of hydrogen-bond donors (Lipinski definition) is 0. The third kappa shape index (κ3) is 1.94. The fraction of sp³-hybridized carbons (Fsp3) is 0. The minimum Gasteiger partial charge on any atom is -0.303 e. The van der Waals surface area contributed by atoms with Crippen molar-refractivity contribution >= 4 is 59.0 Å². The van der Waals surface area contributed by atoms with Gasteiger partial charge in [0.1, 0.15) is 5.82 Å². The van der Waals surface area contributed by atoms with Crippen LogP contribution >= 0.6 is 11.3 Å². The van der Waals surface area contributed by atoms with Crippen molar-refractivity contribution in [2.45, 2.75) is 0 Å². The first-order valence-electron chi connectivity index (χ1n) is 9.66. The molecule has 0 aliphatic rings. The Hall–Kier alpha value is -3.63. The van der Waals surface area contributed by atoms with E-state index in [1.165, 1.54) is 36.6 Å². The standard InChI is InChI=1S/C25H15N3S/c1-2-9-20-17(7-1)23-21(29-20)12-11-18-24-19(8-5-14-26-24)28(25(18)23)22-13-10-16-6-3-4-15-27(16)22/h1-15H. The molecule has 0 aliphatic carbocycles. The van der Waals surface area contributed by atoms with Crippen LogP contribution < -0.4 is 0 Å². The molecule has 0 atom stereocenters. The van der Waals surface area contributed by atoms with E-state index in [0.717, 1.165) is 16.9 Å². The van der Waals surface area contributed by atoms with Crippen molar-refractivity contribution in [2.24, 2.45) is 0 Å². The lowest BCUT2D eigenvalue weighted by Gasteiger charge is -2.09. The van der Waals surface area contributed by atoms with E-state index in [2.05, 4.69) is 88.0 Å². The number of rotatable bonds is 1. The highest BCUT2D eigenvalue weighted by Gasteiger charge is 2.19. The van der Waals surface area contributed by atoms with E-state index in [0.29, 0.717) is 0 Å². The normalized spacial score (nSPS) is 12.1. The average molecular weight is 389 g/mol. The molecule has 0 aliphatic heterocycles. The van der Waals surface area contributed by atoms with Gasteiger partial charge in [-0.1, -0.05) is 24.3 Å². The number of thiophene rings is 1. The van der Waals surface area contributed by atoms with Crippen molar-refractivity contribution in [1.82, 2.24) is 14.0 Å². The summed E-state index contributed by atoms with van der Waals surface area (Å²) in [5.74, 6) is 1.14. The van der Waals surface area contributed by atoms with Gasteiger partial charge in [0.05, 0.1) is 16.6 Å². The zero-order valence-corrected chi connectivity index (χ0v) is 16.2. The van der Waals surface area contributed by atoms with E-state index in [-0.39, 0.29) is 0 Å². The highest BCUT2D eigenvalue weighted by molar-refractivity contribution is 7.26. The Morgan fingerprint density at radius 2 is 1.66 bits per heavy atom. The molecule has 0 spiro atoms. The summed E-state index contributed by atoms with van der Waals surface area (Å²) in [7, 11) is 0. The minimum absolute atomic E-state index is 1.05. The third-order valence-corrected chi connectivity index (χ3v) is 6.93. The van der Waals surface area contributed by atoms with Crippen molar-refractivity contribution in [3.05, 3.63) is 91.3 Å². The van der Waals surface area contributed by atoms with Crippen molar-refractivity contribution in [2.75, 3.05) is 0 Å². The second-order valence-electron chi connectivity index (χ2n) is 7.33. The zero-order chi connectivity index (χ0) is 18.9. The van der Waals surface area contributed by atoms with Crippen LogP contribution in [0.3, 0.4) is 0 Å². The summed E-state index contributed by atoms with van der Waals surface area (Å²) in [6.45, 7) is 0. The van der Waals surface area contributed by atoms with E-state index in [4.69, 9.17) is 4.98 Å². The molecule has 0 saturated carbocycles. The molecule has 2 aromatic carbocycles. The highest BCUT2D eigenvalue weighted by atomic mass is 32.1. The van der Waals surface area contributed by atoms with Crippen molar-refractivity contribution < 1.29 is 0 Å². The molecule has 0 bridgehead atoms. The van der Waals surface area contributed by atoms with Gasteiger partial charge in [-0.2, -0.15) is 0 Å². The van der Waals surface area contributed by atoms with Gasteiger partial charge in [0, 0.05) is 43.5 Å². The topological polar surface area (TPSA) is 22.2 Å². The summed E-state index contributed by atoms with van der Waals surface area (Å²) in [5, 5.41) is 3.82. The second-order valence-corrected chi connectivity index (χ2v) is 8.41. The summed E-state index contributed by atoms with van der Waals surface area (Å²) < 4.78 is 7.26. The average Bonchev–Trinajstić information content (AvgIpc) is 3.44. The Morgan fingerprint density at radius 1 is 0.724 bits per heavy atom. The Balaban J connectivity index is 1.80. The quantitative estimate of drug-likeness (QED) is 0.303. The van der Waals surface area contributed by atoms with Crippen molar-refractivity contribution in [3.63, 3.8) is 0 Å². The maximum Gasteiger partial charge on any atom is 0.122 e. The lowest BCUT2D eigenvalue weighted by atomic mass is 10.1. The van der Waals surface area contributed by atoms with E-state index in [1.807, 2.05) is 23.6 Å². The van der Waals surface area contributed by atoms with Crippen molar-refractivity contribution in [3.8, 4) is 5.82 Å². The van der Waals surface area contributed by atoms with E-state index < -0.39 is 0 Å². The minimum atomic E-state index is 1.05. The first-order valence-corrected chi connectivity index (χ1v) is 10.5. The van der Waals surface area contributed by atoms with Crippen LogP contribution in [0, 0.1) is 0 Å². The van der Waals surface area contributed by atoms with Gasteiger partial charge in [0.25, 0.3) is 0 Å². The number of benzene rings is 2. The van der Waals surface area contributed by atoms with Gasteiger partial charge in [-0.3, -0.25) is 9.55 Å². The molecule has 29 heavy (non-hydrogen) atoms. The third-order valence-electron chi connectivity index (χ3n) is 5.79. The number of hydrogen-bond acceptors (Lipinski definition) is 2. The van der Waals surface area contributed by atoms with Crippen LogP contribution in [0.4, 0.5) is 0 Å². The summed E-state index contributed by atoms with van der Waals surface area (Å²) in [4.78, 5) is 4.76. The van der Waals surface area contributed by atoms with Crippen LogP contribution in [0.15, 0.2) is 91.3 Å². The number of pyridine rings is 2. The molecular weight excluding hydrogens is 374 g/mol. The van der Waals surface area contributed by atoms with Gasteiger partial charge in [-0.15, -0.1) is 11.3 Å². The summed E-state index contributed by atoms with van der Waals surface area (Å²) >= 11 is 1.86. The van der Waals surface area contributed by atoms with Gasteiger partial charge >= 0.3 is 0 Å². The summed E-state index contributed by atoms with van der Waals surface area (Å²) in [5.41, 5.74) is 4.60. The molecule has 0 fully saturated rings. The SMILES string of the molecule is c1ccc2c(c1)sc1ccc3c4ncccc4n(-c4ccc5ccccn45)c3c12. The largest absolute Gasteiger partial charge is 0.303 e. The number of aromatic nitrogens is 3. The summed E-state index contributed by atoms with van der Waals surface area (Å²) in [6, 6.07) is 28.1. The molecule has 7 aromatic rings. The molecule has 4 heteroatoms. The molecule has 3 nitrogen and oxygen atoms in total. The fourth-order valence-corrected chi connectivity index (χ4v) is 5.70. The highest BCUT2D eigenvalue weighted by Crippen LogP contribution is 2.42. The lowest BCUT2D eigenvalue weighted by molar-refractivity contribution is 1.04. The van der Waals surface area contributed by atoms with Crippen molar-refractivity contribution in [1.29, 1.82) is 0 Å². The molecule has 0 saturated heterocycles. The van der Waals surface area contributed by atoms with Gasteiger partial charge in [-0.25, -0.2) is 0 Å². The Labute approximate surface area is 170 Å². The Kier molecular flexibility index (Phi) is 2.88. The molecule has 5 heterocycles. The summed E-state index contributed by atoms with van der Waals surface area (Å²) in [6.07, 6.45) is 4.02. The van der Waals surface area contributed by atoms with Gasteiger partial charge in [0.2, 0.25) is 0 Å². The number of fused-ring (bicyclic) bond motifs is 8. The van der Waals surface area contributed by atoms with E-state index in [1.54, 1.807) is 0 Å². The predicted molar refractivity (Wildman–Crippen MR) is 122 cm³/mol. The molecule has 0 radical (unpaired) electrons. The molecule has 7 rings (SSSR count). The molecule has 5 aromatic heterocycles. The fourth-order valence-electron chi connectivity index (χ4n) is 4.59. The first kappa shape index (κ1) is 15.3. The van der Waals surface area contributed by atoms with Crippen LogP contribution in [0.25, 0.3) is 53.4 Å². The molecule has 0 amide bonds. The lowest BCUT2D eigenvalue weighted by Crippen LogP contribution is -1.98.